The largest absolute Gasteiger partial charge is 0.332 e. The van der Waals surface area contributed by atoms with E-state index in [9.17, 15) is 9.59 Å². The molecular formula is C21H23ClN4O2. The van der Waals surface area contributed by atoms with Gasteiger partial charge in [-0.1, -0.05) is 35.9 Å². The number of anilines is 1. The molecule has 0 bridgehead atoms. The molecule has 0 N–H and O–H groups in total. The van der Waals surface area contributed by atoms with E-state index in [4.69, 9.17) is 11.6 Å². The fourth-order valence-electron chi connectivity index (χ4n) is 4.35. The Kier molecular flexibility index (Phi) is 4.34. The van der Waals surface area contributed by atoms with Gasteiger partial charge in [-0.3, -0.25) is 9.78 Å². The standard InChI is InChI=1S/C21H23ClN4O2/c1-20(2)17-6-4-5-7-18(17)21(22,14-27)26(20)16-10-15(11-23-12-16)13-25-9-8-24(3)19(25)28/h4-7,10-12,14H,8-9,13H2,1-3H3. The lowest BCUT2D eigenvalue weighted by Gasteiger charge is -2.40. The third-order valence-corrected chi connectivity index (χ3v) is 6.18. The second-order valence-corrected chi connectivity index (χ2v) is 8.48. The van der Waals surface area contributed by atoms with E-state index < -0.39 is 10.5 Å². The zero-order valence-corrected chi connectivity index (χ0v) is 17.0. The lowest BCUT2D eigenvalue weighted by Crippen LogP contribution is -2.47. The van der Waals surface area contributed by atoms with Crippen molar-refractivity contribution in [2.45, 2.75) is 30.9 Å². The van der Waals surface area contributed by atoms with Crippen molar-refractivity contribution in [3.63, 3.8) is 0 Å². The van der Waals surface area contributed by atoms with Crippen LogP contribution in [0.15, 0.2) is 42.7 Å². The molecule has 0 spiro atoms. The van der Waals surface area contributed by atoms with Gasteiger partial charge >= 0.3 is 6.03 Å². The van der Waals surface area contributed by atoms with Crippen molar-refractivity contribution < 1.29 is 9.59 Å². The number of rotatable bonds is 4. The number of benzene rings is 1. The van der Waals surface area contributed by atoms with Gasteiger partial charge in [-0.2, -0.15) is 0 Å². The highest BCUT2D eigenvalue weighted by Gasteiger charge is 2.53. The minimum atomic E-state index is -1.30. The zero-order valence-electron chi connectivity index (χ0n) is 16.2. The van der Waals surface area contributed by atoms with Crippen molar-refractivity contribution in [1.29, 1.82) is 0 Å². The molecule has 0 saturated carbocycles. The van der Waals surface area contributed by atoms with Crippen LogP contribution in [0.5, 0.6) is 0 Å². The second-order valence-electron chi connectivity index (χ2n) is 7.91. The molecule has 2 aliphatic heterocycles. The second kappa shape index (κ2) is 6.48. The third kappa shape index (κ3) is 2.66. The Bertz CT molecular complexity index is 948. The highest BCUT2D eigenvalue weighted by atomic mass is 35.5. The van der Waals surface area contributed by atoms with Crippen molar-refractivity contribution in [3.05, 3.63) is 59.4 Å². The molecule has 7 heteroatoms. The fourth-order valence-corrected chi connectivity index (χ4v) is 4.82. The van der Waals surface area contributed by atoms with Crippen molar-refractivity contribution in [3.8, 4) is 0 Å². The normalized spacial score (nSPS) is 23.3. The first kappa shape index (κ1) is 18.7. The Labute approximate surface area is 169 Å². The van der Waals surface area contributed by atoms with Crippen LogP contribution < -0.4 is 4.90 Å². The van der Waals surface area contributed by atoms with Gasteiger partial charge in [0.05, 0.1) is 17.4 Å². The molecule has 0 radical (unpaired) electrons. The van der Waals surface area contributed by atoms with Gasteiger partial charge in [-0.05, 0) is 31.0 Å². The van der Waals surface area contributed by atoms with Crippen molar-refractivity contribution in [2.24, 2.45) is 0 Å². The topological polar surface area (TPSA) is 56.8 Å². The molecule has 1 saturated heterocycles. The fraction of sp³-hybridized carbons (Fsp3) is 0.381. The number of carbonyl (C=O) groups is 2. The van der Waals surface area contributed by atoms with Crippen LogP contribution in [0.4, 0.5) is 10.5 Å². The Morgan fingerprint density at radius 2 is 1.89 bits per heavy atom. The van der Waals surface area contributed by atoms with Crippen LogP contribution in [0.2, 0.25) is 0 Å². The predicted octanol–water partition coefficient (Wildman–Crippen LogP) is 3.29. The molecule has 1 aromatic carbocycles. The summed E-state index contributed by atoms with van der Waals surface area (Å²) in [6.07, 6.45) is 4.26. The molecule has 4 rings (SSSR count). The number of fused-ring (bicyclic) bond motifs is 1. The van der Waals surface area contributed by atoms with Crippen LogP contribution in [-0.4, -0.2) is 47.2 Å². The summed E-state index contributed by atoms with van der Waals surface area (Å²) >= 11 is 6.89. The van der Waals surface area contributed by atoms with Crippen LogP contribution in [-0.2, 0) is 21.9 Å². The number of aromatic nitrogens is 1. The van der Waals surface area contributed by atoms with Crippen LogP contribution in [0.25, 0.3) is 0 Å². The quantitative estimate of drug-likeness (QED) is 0.450. The zero-order chi connectivity index (χ0) is 20.1. The SMILES string of the molecule is CN1CCN(Cc2cncc(N3C(C)(C)c4ccccc4C3(Cl)C=O)c2)C1=O. The highest BCUT2D eigenvalue weighted by molar-refractivity contribution is 6.33. The van der Waals surface area contributed by atoms with Gasteiger partial charge in [-0.25, -0.2) is 4.79 Å². The average Bonchev–Trinajstić information content (AvgIpc) is 3.09. The average molecular weight is 399 g/mol. The monoisotopic (exact) mass is 398 g/mol. The number of urea groups is 1. The van der Waals surface area contributed by atoms with Gasteiger partial charge in [0, 0.05) is 38.4 Å². The third-order valence-electron chi connectivity index (χ3n) is 5.72. The molecule has 2 aliphatic rings. The maximum Gasteiger partial charge on any atom is 0.320 e. The summed E-state index contributed by atoms with van der Waals surface area (Å²) in [4.78, 5) is 32.8. The van der Waals surface area contributed by atoms with Crippen LogP contribution in [0.3, 0.4) is 0 Å². The molecule has 1 aromatic heterocycles. The lowest BCUT2D eigenvalue weighted by molar-refractivity contribution is -0.110. The van der Waals surface area contributed by atoms with Gasteiger partial charge in [0.2, 0.25) is 0 Å². The molecule has 6 nitrogen and oxygen atoms in total. The first-order valence-corrected chi connectivity index (χ1v) is 9.66. The van der Waals surface area contributed by atoms with Crippen molar-refractivity contribution in [2.75, 3.05) is 25.0 Å². The molecule has 1 fully saturated rings. The Morgan fingerprint density at radius 1 is 1.18 bits per heavy atom. The minimum Gasteiger partial charge on any atom is -0.332 e. The molecule has 146 valence electrons. The van der Waals surface area contributed by atoms with E-state index >= 15 is 0 Å². The maximum absolute atomic E-state index is 12.2. The van der Waals surface area contributed by atoms with Gasteiger partial charge in [0.1, 0.15) is 0 Å². The Morgan fingerprint density at radius 3 is 2.54 bits per heavy atom. The summed E-state index contributed by atoms with van der Waals surface area (Å²) in [7, 11) is 1.80. The number of likely N-dealkylation sites (N-methyl/N-ethyl adjacent to an activating group) is 1. The van der Waals surface area contributed by atoms with E-state index in [1.54, 1.807) is 29.2 Å². The van der Waals surface area contributed by atoms with Crippen LogP contribution in [0, 0.1) is 0 Å². The number of halogens is 1. The number of amides is 2. The molecule has 3 heterocycles. The van der Waals surface area contributed by atoms with E-state index in [1.807, 2.05) is 49.1 Å². The number of pyridine rings is 1. The number of hydrogen-bond donors (Lipinski definition) is 0. The Balaban J connectivity index is 1.73. The summed E-state index contributed by atoms with van der Waals surface area (Å²) < 4.78 is 0. The predicted molar refractivity (Wildman–Crippen MR) is 108 cm³/mol. The molecular weight excluding hydrogens is 376 g/mol. The number of alkyl halides is 1. The van der Waals surface area contributed by atoms with E-state index in [2.05, 4.69) is 4.98 Å². The van der Waals surface area contributed by atoms with Crippen LogP contribution >= 0.6 is 11.6 Å². The van der Waals surface area contributed by atoms with Gasteiger partial charge in [0.15, 0.2) is 11.3 Å². The highest BCUT2D eigenvalue weighted by Crippen LogP contribution is 2.52. The molecule has 2 aromatic rings. The smallest absolute Gasteiger partial charge is 0.320 e. The first-order chi connectivity index (χ1) is 13.3. The molecule has 0 aliphatic carbocycles. The van der Waals surface area contributed by atoms with Crippen molar-refractivity contribution in [1.82, 2.24) is 14.8 Å². The number of hydrogen-bond acceptors (Lipinski definition) is 4. The lowest BCUT2D eigenvalue weighted by atomic mass is 9.93. The van der Waals surface area contributed by atoms with Crippen molar-refractivity contribution >= 4 is 29.6 Å². The number of carbonyl (C=O) groups excluding carboxylic acids is 2. The molecule has 1 atom stereocenters. The Hall–Kier alpha value is -2.60. The maximum atomic E-state index is 12.2. The summed E-state index contributed by atoms with van der Waals surface area (Å²) in [5, 5.41) is 0. The first-order valence-electron chi connectivity index (χ1n) is 9.28. The molecule has 28 heavy (non-hydrogen) atoms. The summed E-state index contributed by atoms with van der Waals surface area (Å²) in [6.45, 7) is 5.97. The van der Waals surface area contributed by atoms with E-state index in [0.717, 1.165) is 35.2 Å². The summed E-state index contributed by atoms with van der Waals surface area (Å²) in [6, 6.07) is 9.73. The summed E-state index contributed by atoms with van der Waals surface area (Å²) in [5.74, 6) is 0. The minimum absolute atomic E-state index is 0.0129. The molecule has 1 unspecified atom stereocenters. The van der Waals surface area contributed by atoms with E-state index in [0.29, 0.717) is 13.1 Å². The number of nitrogens with zero attached hydrogens (tertiary/aromatic N) is 4. The van der Waals surface area contributed by atoms with Gasteiger partial charge in [0.25, 0.3) is 0 Å². The van der Waals surface area contributed by atoms with E-state index in [1.165, 1.54) is 0 Å². The van der Waals surface area contributed by atoms with Crippen LogP contribution in [0.1, 0.15) is 30.5 Å². The van der Waals surface area contributed by atoms with Gasteiger partial charge in [-0.15, -0.1) is 0 Å². The number of aldehydes is 1. The summed E-state index contributed by atoms with van der Waals surface area (Å²) in [5.41, 5.74) is 2.96. The van der Waals surface area contributed by atoms with Gasteiger partial charge < -0.3 is 14.7 Å². The molecule has 2 amide bonds. The van der Waals surface area contributed by atoms with E-state index in [-0.39, 0.29) is 6.03 Å².